The van der Waals surface area contributed by atoms with E-state index in [2.05, 4.69) is 5.10 Å². The van der Waals surface area contributed by atoms with Crippen molar-refractivity contribution < 1.29 is 9.90 Å². The highest BCUT2D eigenvalue weighted by atomic mass is 16.4. The van der Waals surface area contributed by atoms with Crippen LogP contribution in [0, 0.1) is 6.92 Å². The zero-order valence-corrected chi connectivity index (χ0v) is 8.92. The van der Waals surface area contributed by atoms with E-state index < -0.39 is 5.97 Å². The van der Waals surface area contributed by atoms with Crippen molar-refractivity contribution in [2.45, 2.75) is 13.3 Å². The van der Waals surface area contributed by atoms with Crippen LogP contribution in [0.25, 0.3) is 5.69 Å². The first kappa shape index (κ1) is 10.4. The third-order valence-corrected chi connectivity index (χ3v) is 2.25. The summed E-state index contributed by atoms with van der Waals surface area (Å²) in [6.45, 7) is 1.91. The lowest BCUT2D eigenvalue weighted by Gasteiger charge is -2.03. The SMILES string of the molecule is Cc1ccn(-c2cccc(CC(=O)O)c2)n1. The molecule has 0 amide bonds. The second-order valence-corrected chi connectivity index (χ2v) is 3.64. The van der Waals surface area contributed by atoms with Gasteiger partial charge in [-0.05, 0) is 30.7 Å². The van der Waals surface area contributed by atoms with Gasteiger partial charge in [0.25, 0.3) is 0 Å². The average molecular weight is 216 g/mol. The lowest BCUT2D eigenvalue weighted by molar-refractivity contribution is -0.136. The van der Waals surface area contributed by atoms with E-state index >= 15 is 0 Å². The first-order chi connectivity index (χ1) is 7.65. The monoisotopic (exact) mass is 216 g/mol. The summed E-state index contributed by atoms with van der Waals surface area (Å²) in [5.41, 5.74) is 2.59. The molecule has 0 spiro atoms. The number of carboxylic acids is 1. The summed E-state index contributed by atoms with van der Waals surface area (Å²) < 4.78 is 1.74. The van der Waals surface area contributed by atoms with Gasteiger partial charge in [0.15, 0.2) is 0 Å². The smallest absolute Gasteiger partial charge is 0.307 e. The van der Waals surface area contributed by atoms with E-state index in [1.54, 1.807) is 10.7 Å². The van der Waals surface area contributed by atoms with Gasteiger partial charge in [0, 0.05) is 6.20 Å². The quantitative estimate of drug-likeness (QED) is 0.851. The Morgan fingerprint density at radius 2 is 2.25 bits per heavy atom. The zero-order chi connectivity index (χ0) is 11.5. The predicted octanol–water partition coefficient (Wildman–Crippen LogP) is 1.81. The number of carbonyl (C=O) groups is 1. The number of aromatic nitrogens is 2. The molecule has 1 aromatic heterocycles. The minimum absolute atomic E-state index is 0.0358. The molecule has 82 valence electrons. The molecule has 0 radical (unpaired) electrons. The summed E-state index contributed by atoms with van der Waals surface area (Å²) >= 11 is 0. The molecule has 16 heavy (non-hydrogen) atoms. The van der Waals surface area contributed by atoms with Crippen molar-refractivity contribution in [3.63, 3.8) is 0 Å². The third kappa shape index (κ3) is 2.28. The Kier molecular flexibility index (Phi) is 2.72. The van der Waals surface area contributed by atoms with Crippen molar-refractivity contribution >= 4 is 5.97 Å². The van der Waals surface area contributed by atoms with Gasteiger partial charge in [-0.25, -0.2) is 4.68 Å². The van der Waals surface area contributed by atoms with Gasteiger partial charge in [-0.15, -0.1) is 0 Å². The van der Waals surface area contributed by atoms with Crippen molar-refractivity contribution in [1.29, 1.82) is 0 Å². The van der Waals surface area contributed by atoms with Gasteiger partial charge in [-0.2, -0.15) is 5.10 Å². The van der Waals surface area contributed by atoms with Gasteiger partial charge < -0.3 is 5.11 Å². The molecule has 0 unspecified atom stereocenters. The Labute approximate surface area is 93.1 Å². The van der Waals surface area contributed by atoms with Gasteiger partial charge >= 0.3 is 5.97 Å². The molecule has 0 aliphatic rings. The summed E-state index contributed by atoms with van der Waals surface area (Å²) in [5.74, 6) is -0.825. The van der Waals surface area contributed by atoms with E-state index in [9.17, 15) is 4.79 Å². The molecule has 4 nitrogen and oxygen atoms in total. The highest BCUT2D eigenvalue weighted by molar-refractivity contribution is 5.70. The van der Waals surface area contributed by atoms with Crippen molar-refractivity contribution in [2.75, 3.05) is 0 Å². The molecule has 4 heteroatoms. The van der Waals surface area contributed by atoms with Crippen LogP contribution in [0.3, 0.4) is 0 Å². The molecule has 1 N–H and O–H groups in total. The maximum absolute atomic E-state index is 10.6. The van der Waals surface area contributed by atoms with Gasteiger partial charge in [0.05, 0.1) is 17.8 Å². The van der Waals surface area contributed by atoms with E-state index in [1.807, 2.05) is 37.4 Å². The normalized spacial score (nSPS) is 10.3. The lowest BCUT2D eigenvalue weighted by Crippen LogP contribution is -2.02. The van der Waals surface area contributed by atoms with Crippen molar-refractivity contribution in [3.8, 4) is 5.69 Å². The van der Waals surface area contributed by atoms with Crippen LogP contribution >= 0.6 is 0 Å². The molecule has 2 aromatic rings. The van der Waals surface area contributed by atoms with Crippen LogP contribution in [0.4, 0.5) is 0 Å². The predicted molar refractivity (Wildman–Crippen MR) is 59.6 cm³/mol. The fourth-order valence-electron chi connectivity index (χ4n) is 1.54. The third-order valence-electron chi connectivity index (χ3n) is 2.25. The molecular formula is C12H12N2O2. The summed E-state index contributed by atoms with van der Waals surface area (Å²) in [5, 5.41) is 13.0. The Hall–Kier alpha value is -2.10. The average Bonchev–Trinajstić information content (AvgIpc) is 2.64. The standard InChI is InChI=1S/C12H12N2O2/c1-9-5-6-14(13-9)11-4-2-3-10(7-11)8-12(15)16/h2-7H,8H2,1H3,(H,15,16). The Bertz CT molecular complexity index is 517. The summed E-state index contributed by atoms with van der Waals surface area (Å²) in [6, 6.07) is 9.28. The topological polar surface area (TPSA) is 55.1 Å². The lowest BCUT2D eigenvalue weighted by atomic mass is 10.1. The fourth-order valence-corrected chi connectivity index (χ4v) is 1.54. The number of rotatable bonds is 3. The number of aryl methyl sites for hydroxylation is 1. The molecule has 0 aliphatic heterocycles. The highest BCUT2D eigenvalue weighted by Crippen LogP contribution is 2.11. The van der Waals surface area contributed by atoms with Crippen LogP contribution in [0.1, 0.15) is 11.3 Å². The minimum Gasteiger partial charge on any atom is -0.481 e. The number of nitrogens with zero attached hydrogens (tertiary/aromatic N) is 2. The van der Waals surface area contributed by atoms with Crippen LogP contribution in [0.15, 0.2) is 36.5 Å². The molecule has 0 saturated carbocycles. The van der Waals surface area contributed by atoms with E-state index in [0.717, 1.165) is 16.9 Å². The molecule has 0 bridgehead atoms. The molecule has 2 rings (SSSR count). The fraction of sp³-hybridized carbons (Fsp3) is 0.167. The molecule has 0 fully saturated rings. The van der Waals surface area contributed by atoms with Crippen molar-refractivity contribution in [1.82, 2.24) is 9.78 Å². The first-order valence-corrected chi connectivity index (χ1v) is 4.98. The first-order valence-electron chi connectivity index (χ1n) is 4.98. The van der Waals surface area contributed by atoms with Gasteiger partial charge in [0.2, 0.25) is 0 Å². The Morgan fingerprint density at radius 1 is 1.44 bits per heavy atom. The highest BCUT2D eigenvalue weighted by Gasteiger charge is 2.03. The molecule has 0 atom stereocenters. The number of benzene rings is 1. The molecule has 1 heterocycles. The summed E-state index contributed by atoms with van der Waals surface area (Å²) in [4.78, 5) is 10.6. The van der Waals surface area contributed by atoms with Crippen LogP contribution < -0.4 is 0 Å². The number of carboxylic acid groups (broad SMARTS) is 1. The van der Waals surface area contributed by atoms with E-state index in [0.29, 0.717) is 0 Å². The van der Waals surface area contributed by atoms with Gasteiger partial charge in [0.1, 0.15) is 0 Å². The number of hydrogen-bond donors (Lipinski definition) is 1. The summed E-state index contributed by atoms with van der Waals surface area (Å²) in [7, 11) is 0. The molecular weight excluding hydrogens is 204 g/mol. The molecule has 0 aliphatic carbocycles. The Morgan fingerprint density at radius 3 is 2.88 bits per heavy atom. The minimum atomic E-state index is -0.825. The second-order valence-electron chi connectivity index (χ2n) is 3.64. The largest absolute Gasteiger partial charge is 0.481 e. The number of hydrogen-bond acceptors (Lipinski definition) is 2. The zero-order valence-electron chi connectivity index (χ0n) is 8.92. The van der Waals surface area contributed by atoms with Gasteiger partial charge in [-0.3, -0.25) is 4.79 Å². The molecule has 0 saturated heterocycles. The summed E-state index contributed by atoms with van der Waals surface area (Å²) in [6.07, 6.45) is 1.89. The van der Waals surface area contributed by atoms with Crippen LogP contribution in [-0.4, -0.2) is 20.9 Å². The van der Waals surface area contributed by atoms with E-state index in [4.69, 9.17) is 5.11 Å². The van der Waals surface area contributed by atoms with Crippen LogP contribution in [-0.2, 0) is 11.2 Å². The van der Waals surface area contributed by atoms with E-state index in [-0.39, 0.29) is 6.42 Å². The van der Waals surface area contributed by atoms with E-state index in [1.165, 1.54) is 0 Å². The van der Waals surface area contributed by atoms with Crippen molar-refractivity contribution in [3.05, 3.63) is 47.8 Å². The van der Waals surface area contributed by atoms with Crippen LogP contribution in [0.5, 0.6) is 0 Å². The maximum atomic E-state index is 10.6. The van der Waals surface area contributed by atoms with Crippen LogP contribution in [0.2, 0.25) is 0 Å². The molecule has 1 aromatic carbocycles. The maximum Gasteiger partial charge on any atom is 0.307 e. The number of aliphatic carboxylic acids is 1. The van der Waals surface area contributed by atoms with Gasteiger partial charge in [-0.1, -0.05) is 12.1 Å². The van der Waals surface area contributed by atoms with Crippen molar-refractivity contribution in [2.24, 2.45) is 0 Å². The second kappa shape index (κ2) is 4.18. The Balaban J connectivity index is 2.32.